The van der Waals surface area contributed by atoms with Crippen LogP contribution in [-0.4, -0.2) is 66.1 Å². The lowest BCUT2D eigenvalue weighted by Crippen LogP contribution is -2.48. The van der Waals surface area contributed by atoms with Crippen LogP contribution in [0.4, 0.5) is 0 Å². The third kappa shape index (κ3) is 6.98. The van der Waals surface area contributed by atoms with E-state index in [2.05, 4.69) is 22.3 Å². The van der Waals surface area contributed by atoms with Gasteiger partial charge < -0.3 is 10.4 Å². The Labute approximate surface area is 180 Å². The fourth-order valence-corrected chi connectivity index (χ4v) is 4.71. The molecule has 1 amide bonds. The summed E-state index contributed by atoms with van der Waals surface area (Å²) in [7, 11) is 1.87. The van der Waals surface area contributed by atoms with E-state index in [9.17, 15) is 9.59 Å². The van der Waals surface area contributed by atoms with Gasteiger partial charge in [-0.05, 0) is 44.2 Å². The van der Waals surface area contributed by atoms with Gasteiger partial charge in [0.05, 0.1) is 19.1 Å². The summed E-state index contributed by atoms with van der Waals surface area (Å²) in [5, 5.41) is 12.3. The van der Waals surface area contributed by atoms with Crippen molar-refractivity contribution in [2.24, 2.45) is 5.92 Å². The molecule has 1 aliphatic carbocycles. The van der Waals surface area contributed by atoms with E-state index >= 15 is 0 Å². The average molecular weight is 424 g/mol. The van der Waals surface area contributed by atoms with Gasteiger partial charge in [0.2, 0.25) is 5.91 Å². The molecular weight excluding hydrogens is 390 g/mol. The van der Waals surface area contributed by atoms with Gasteiger partial charge in [0, 0.05) is 19.1 Å². The molecule has 2 N–H and O–H groups in total. The Bertz CT molecular complexity index is 644. The third-order valence-corrected chi connectivity index (χ3v) is 6.28. The van der Waals surface area contributed by atoms with Gasteiger partial charge in [-0.2, -0.15) is 0 Å². The second kappa shape index (κ2) is 11.5. The molecular formula is C22H34ClN3O3. The van der Waals surface area contributed by atoms with Gasteiger partial charge in [-0.3, -0.25) is 19.4 Å². The highest BCUT2D eigenvalue weighted by Crippen LogP contribution is 2.35. The highest BCUT2D eigenvalue weighted by molar-refractivity contribution is 5.85. The molecule has 0 bridgehead atoms. The van der Waals surface area contributed by atoms with Crippen LogP contribution in [0.3, 0.4) is 0 Å². The van der Waals surface area contributed by atoms with Crippen LogP contribution in [-0.2, 0) is 9.59 Å². The Kier molecular flexibility index (Phi) is 9.40. The summed E-state index contributed by atoms with van der Waals surface area (Å²) in [6.45, 7) is 2.17. The largest absolute Gasteiger partial charge is 0.480 e. The lowest BCUT2D eigenvalue weighted by molar-refractivity contribution is -0.138. The number of hydrogen-bond acceptors (Lipinski definition) is 4. The van der Waals surface area contributed by atoms with Crippen molar-refractivity contribution in [3.63, 3.8) is 0 Å². The predicted octanol–water partition coefficient (Wildman–Crippen LogP) is 2.94. The summed E-state index contributed by atoms with van der Waals surface area (Å²) in [5.41, 5.74) is 1.21. The van der Waals surface area contributed by atoms with E-state index in [-0.39, 0.29) is 36.9 Å². The quantitative estimate of drug-likeness (QED) is 0.672. The SMILES string of the molecule is CN(CC(=O)O)C1CCN(CC(=O)NC(c2ccccc2)C2CCCC2)CC1.Cl. The Morgan fingerprint density at radius 3 is 2.34 bits per heavy atom. The zero-order valence-corrected chi connectivity index (χ0v) is 18.1. The number of piperidine rings is 1. The van der Waals surface area contributed by atoms with E-state index in [1.54, 1.807) is 0 Å². The summed E-state index contributed by atoms with van der Waals surface area (Å²) < 4.78 is 0. The molecule has 3 rings (SSSR count). The number of carbonyl (C=O) groups is 2. The van der Waals surface area contributed by atoms with E-state index in [0.717, 1.165) is 25.9 Å². The van der Waals surface area contributed by atoms with Crippen LogP contribution < -0.4 is 5.32 Å². The molecule has 1 saturated heterocycles. The normalized spacial score (nSPS) is 19.7. The van der Waals surface area contributed by atoms with Crippen molar-refractivity contribution in [1.29, 1.82) is 0 Å². The molecule has 29 heavy (non-hydrogen) atoms. The van der Waals surface area contributed by atoms with Gasteiger partial charge in [-0.1, -0.05) is 43.2 Å². The second-order valence-electron chi connectivity index (χ2n) is 8.32. The third-order valence-electron chi connectivity index (χ3n) is 6.28. The molecule has 0 radical (unpaired) electrons. The summed E-state index contributed by atoms with van der Waals surface area (Å²) in [5.74, 6) is -0.164. The van der Waals surface area contributed by atoms with Gasteiger partial charge in [0.15, 0.2) is 0 Å². The number of nitrogens with one attached hydrogen (secondary N) is 1. The van der Waals surface area contributed by atoms with Gasteiger partial charge in [-0.15, -0.1) is 12.4 Å². The standard InChI is InChI=1S/C22H33N3O3.ClH/c1-24(16-21(27)28)19-11-13-25(14-12-19)15-20(26)23-22(18-9-5-6-10-18)17-7-3-2-4-8-17;/h2-4,7-8,18-19,22H,5-6,9-16H2,1H3,(H,23,26)(H,27,28);1H. The van der Waals surface area contributed by atoms with Gasteiger partial charge in [0.1, 0.15) is 0 Å². The number of carboxylic acid groups (broad SMARTS) is 1. The summed E-state index contributed by atoms with van der Waals surface area (Å²) in [6.07, 6.45) is 6.67. The minimum absolute atomic E-state index is 0. The van der Waals surface area contributed by atoms with Crippen molar-refractivity contribution < 1.29 is 14.7 Å². The highest BCUT2D eigenvalue weighted by atomic mass is 35.5. The Hall–Kier alpha value is -1.63. The summed E-state index contributed by atoms with van der Waals surface area (Å²) in [6, 6.07) is 10.7. The average Bonchev–Trinajstić information content (AvgIpc) is 3.21. The fourth-order valence-electron chi connectivity index (χ4n) is 4.71. The summed E-state index contributed by atoms with van der Waals surface area (Å²) in [4.78, 5) is 27.8. The Morgan fingerprint density at radius 1 is 1.14 bits per heavy atom. The first-order chi connectivity index (χ1) is 13.5. The number of likely N-dealkylation sites (tertiary alicyclic amines) is 1. The van der Waals surface area contributed by atoms with E-state index < -0.39 is 5.97 Å². The number of likely N-dealkylation sites (N-methyl/N-ethyl adjacent to an activating group) is 1. The van der Waals surface area contributed by atoms with E-state index in [0.29, 0.717) is 12.5 Å². The van der Waals surface area contributed by atoms with E-state index in [4.69, 9.17) is 5.11 Å². The predicted molar refractivity (Wildman–Crippen MR) is 116 cm³/mol. The Morgan fingerprint density at radius 2 is 1.76 bits per heavy atom. The lowest BCUT2D eigenvalue weighted by atomic mass is 9.91. The number of carboxylic acids is 1. The van der Waals surface area contributed by atoms with Crippen LogP contribution in [0.15, 0.2) is 30.3 Å². The molecule has 162 valence electrons. The lowest BCUT2D eigenvalue weighted by Gasteiger charge is -2.36. The monoisotopic (exact) mass is 423 g/mol. The molecule has 1 saturated carbocycles. The van der Waals surface area contributed by atoms with Crippen molar-refractivity contribution in [3.8, 4) is 0 Å². The molecule has 1 unspecified atom stereocenters. The van der Waals surface area contributed by atoms with Crippen molar-refractivity contribution >= 4 is 24.3 Å². The smallest absolute Gasteiger partial charge is 0.317 e. The van der Waals surface area contributed by atoms with Crippen molar-refractivity contribution in [3.05, 3.63) is 35.9 Å². The fraction of sp³-hybridized carbons (Fsp3) is 0.636. The van der Waals surface area contributed by atoms with Crippen molar-refractivity contribution in [2.45, 2.75) is 50.6 Å². The molecule has 1 atom stereocenters. The van der Waals surface area contributed by atoms with Crippen LogP contribution in [0.5, 0.6) is 0 Å². The minimum Gasteiger partial charge on any atom is -0.480 e. The Balaban J connectivity index is 0.00000300. The second-order valence-corrected chi connectivity index (χ2v) is 8.32. The van der Waals surface area contributed by atoms with Gasteiger partial charge in [-0.25, -0.2) is 0 Å². The van der Waals surface area contributed by atoms with Crippen LogP contribution in [0.1, 0.15) is 50.1 Å². The molecule has 0 aromatic heterocycles. The molecule has 2 fully saturated rings. The van der Waals surface area contributed by atoms with Crippen LogP contribution in [0.2, 0.25) is 0 Å². The first-order valence-electron chi connectivity index (χ1n) is 10.5. The van der Waals surface area contributed by atoms with E-state index in [1.807, 2.05) is 30.1 Å². The zero-order valence-electron chi connectivity index (χ0n) is 17.3. The molecule has 6 nitrogen and oxygen atoms in total. The maximum absolute atomic E-state index is 12.8. The van der Waals surface area contributed by atoms with Crippen LogP contribution in [0, 0.1) is 5.92 Å². The van der Waals surface area contributed by atoms with Crippen LogP contribution >= 0.6 is 12.4 Å². The maximum Gasteiger partial charge on any atom is 0.317 e. The number of halogens is 1. The molecule has 2 aliphatic rings. The van der Waals surface area contributed by atoms with Crippen molar-refractivity contribution in [1.82, 2.24) is 15.1 Å². The topological polar surface area (TPSA) is 72.9 Å². The summed E-state index contributed by atoms with van der Waals surface area (Å²) >= 11 is 0. The maximum atomic E-state index is 12.8. The zero-order chi connectivity index (χ0) is 19.9. The number of hydrogen-bond donors (Lipinski definition) is 2. The highest BCUT2D eigenvalue weighted by Gasteiger charge is 2.29. The number of benzene rings is 1. The van der Waals surface area contributed by atoms with Gasteiger partial charge >= 0.3 is 5.97 Å². The first-order valence-corrected chi connectivity index (χ1v) is 10.5. The molecule has 0 spiro atoms. The van der Waals surface area contributed by atoms with Crippen LogP contribution in [0.25, 0.3) is 0 Å². The molecule has 1 aromatic rings. The molecule has 1 heterocycles. The molecule has 1 aromatic carbocycles. The number of rotatable bonds is 8. The number of nitrogens with zero attached hydrogens (tertiary/aromatic N) is 2. The minimum atomic E-state index is -0.789. The molecule has 1 aliphatic heterocycles. The van der Waals surface area contributed by atoms with Crippen molar-refractivity contribution in [2.75, 3.05) is 33.2 Å². The number of amides is 1. The van der Waals surface area contributed by atoms with Gasteiger partial charge in [0.25, 0.3) is 0 Å². The first kappa shape index (κ1) is 23.6. The molecule has 7 heteroatoms. The van der Waals surface area contributed by atoms with E-state index in [1.165, 1.54) is 31.2 Å². The number of aliphatic carboxylic acids is 1. The number of carbonyl (C=O) groups excluding carboxylic acids is 1.